The van der Waals surface area contributed by atoms with Crippen molar-refractivity contribution < 1.29 is 28.2 Å². The van der Waals surface area contributed by atoms with Crippen molar-refractivity contribution in [3.63, 3.8) is 0 Å². The maximum absolute atomic E-state index is 14.4. The number of para-hydroxylation sites is 1. The van der Waals surface area contributed by atoms with E-state index in [9.17, 15) is 18.4 Å². The number of carbonyl (C=O) groups excluding carboxylic acids is 1. The van der Waals surface area contributed by atoms with Crippen molar-refractivity contribution in [2.24, 2.45) is 0 Å². The molecular formula is C15H17F2NO4. The molecule has 1 aliphatic rings. The van der Waals surface area contributed by atoms with Crippen LogP contribution >= 0.6 is 0 Å². The predicted molar refractivity (Wildman–Crippen MR) is 73.9 cm³/mol. The summed E-state index contributed by atoms with van der Waals surface area (Å²) in [6.45, 7) is 1.82. The van der Waals surface area contributed by atoms with Crippen molar-refractivity contribution in [1.82, 2.24) is 5.32 Å². The third-order valence-electron chi connectivity index (χ3n) is 3.78. The topological polar surface area (TPSA) is 75.6 Å². The van der Waals surface area contributed by atoms with Crippen molar-refractivity contribution in [2.75, 3.05) is 6.61 Å². The van der Waals surface area contributed by atoms with E-state index in [-0.39, 0.29) is 25.2 Å². The summed E-state index contributed by atoms with van der Waals surface area (Å²) in [7, 11) is 0. The summed E-state index contributed by atoms with van der Waals surface area (Å²) in [5.41, 5.74) is -2.16. The van der Waals surface area contributed by atoms with E-state index in [2.05, 4.69) is 0 Å². The fourth-order valence-corrected chi connectivity index (χ4v) is 2.35. The molecule has 0 radical (unpaired) electrons. The predicted octanol–water partition coefficient (Wildman–Crippen LogP) is 2.30. The highest BCUT2D eigenvalue weighted by Gasteiger charge is 2.52. The first-order valence-corrected chi connectivity index (χ1v) is 6.99. The minimum Gasteiger partial charge on any atom is -0.493 e. The van der Waals surface area contributed by atoms with E-state index in [1.807, 2.05) is 5.32 Å². The number of rotatable bonds is 6. The molecular weight excluding hydrogens is 296 g/mol. The molecule has 0 aromatic heterocycles. The van der Waals surface area contributed by atoms with Crippen LogP contribution in [-0.4, -0.2) is 29.1 Å². The molecule has 0 heterocycles. The molecule has 1 aromatic rings. The lowest BCUT2D eigenvalue weighted by atomic mass is 9.76. The van der Waals surface area contributed by atoms with Crippen LogP contribution in [0.4, 0.5) is 8.78 Å². The van der Waals surface area contributed by atoms with Gasteiger partial charge in [0.1, 0.15) is 11.3 Å². The number of aliphatic carboxylic acids is 1. The monoisotopic (exact) mass is 313 g/mol. The zero-order valence-corrected chi connectivity index (χ0v) is 12.1. The van der Waals surface area contributed by atoms with Gasteiger partial charge in [0.15, 0.2) is 0 Å². The summed E-state index contributed by atoms with van der Waals surface area (Å²) < 4.78 is 33.9. The van der Waals surface area contributed by atoms with Gasteiger partial charge in [0.2, 0.25) is 0 Å². The van der Waals surface area contributed by atoms with E-state index in [1.54, 1.807) is 6.92 Å². The molecule has 22 heavy (non-hydrogen) atoms. The number of ether oxygens (including phenoxy) is 1. The third-order valence-corrected chi connectivity index (χ3v) is 3.78. The van der Waals surface area contributed by atoms with Gasteiger partial charge in [0.05, 0.1) is 12.2 Å². The lowest BCUT2D eigenvalue weighted by Gasteiger charge is -2.39. The van der Waals surface area contributed by atoms with E-state index in [1.165, 1.54) is 18.2 Å². The molecule has 0 saturated heterocycles. The van der Waals surface area contributed by atoms with E-state index in [0.717, 1.165) is 6.07 Å². The van der Waals surface area contributed by atoms with Gasteiger partial charge in [-0.2, -0.15) is 8.78 Å². The van der Waals surface area contributed by atoms with Crippen LogP contribution in [0, 0.1) is 0 Å². The van der Waals surface area contributed by atoms with E-state index < -0.39 is 28.9 Å². The van der Waals surface area contributed by atoms with Crippen LogP contribution < -0.4 is 10.1 Å². The van der Waals surface area contributed by atoms with Crippen LogP contribution in [0.15, 0.2) is 24.3 Å². The van der Waals surface area contributed by atoms with Gasteiger partial charge in [0.25, 0.3) is 5.91 Å². The molecule has 0 atom stereocenters. The van der Waals surface area contributed by atoms with Crippen LogP contribution in [0.2, 0.25) is 0 Å². The number of benzene rings is 1. The number of amides is 1. The fraction of sp³-hybridized carbons (Fsp3) is 0.467. The zero-order valence-electron chi connectivity index (χ0n) is 12.1. The molecule has 0 unspecified atom stereocenters. The normalized spacial score (nSPS) is 16.5. The Labute approximate surface area is 126 Å². The first-order chi connectivity index (χ1) is 10.3. The summed E-state index contributed by atoms with van der Waals surface area (Å²) in [4.78, 5) is 23.1. The molecule has 1 saturated carbocycles. The highest BCUT2D eigenvalue weighted by molar-refractivity contribution is 5.92. The SMILES string of the molecule is CCOc1ccccc1C(F)(F)C(=O)NC1(C(=O)O)CCC1. The molecule has 0 aliphatic heterocycles. The van der Waals surface area contributed by atoms with Crippen molar-refractivity contribution in [3.8, 4) is 5.75 Å². The largest absolute Gasteiger partial charge is 0.493 e. The zero-order chi connectivity index (χ0) is 16.4. The van der Waals surface area contributed by atoms with Crippen molar-refractivity contribution in [3.05, 3.63) is 29.8 Å². The molecule has 1 aliphatic carbocycles. The summed E-state index contributed by atoms with van der Waals surface area (Å²) in [6, 6.07) is 5.33. The average molecular weight is 313 g/mol. The number of alkyl halides is 2. The van der Waals surface area contributed by atoms with E-state index in [4.69, 9.17) is 9.84 Å². The number of carboxylic acids is 1. The quantitative estimate of drug-likeness (QED) is 0.845. The Hall–Kier alpha value is -2.18. The molecule has 1 aromatic carbocycles. The molecule has 2 N–H and O–H groups in total. The Morgan fingerprint density at radius 1 is 1.36 bits per heavy atom. The van der Waals surface area contributed by atoms with Crippen LogP contribution in [-0.2, 0) is 15.5 Å². The Kier molecular flexibility index (Phi) is 4.35. The Morgan fingerprint density at radius 2 is 2.00 bits per heavy atom. The number of hydrogen-bond acceptors (Lipinski definition) is 3. The minimum atomic E-state index is -3.87. The average Bonchev–Trinajstić information content (AvgIpc) is 2.42. The second-order valence-corrected chi connectivity index (χ2v) is 5.20. The number of hydrogen-bond donors (Lipinski definition) is 2. The second kappa shape index (κ2) is 5.90. The third kappa shape index (κ3) is 2.75. The molecule has 0 spiro atoms. The number of carboxylic acid groups (broad SMARTS) is 1. The van der Waals surface area contributed by atoms with Crippen LogP contribution in [0.3, 0.4) is 0 Å². The van der Waals surface area contributed by atoms with Gasteiger partial charge >= 0.3 is 11.9 Å². The maximum atomic E-state index is 14.4. The van der Waals surface area contributed by atoms with Gasteiger partial charge in [-0.05, 0) is 38.3 Å². The summed E-state index contributed by atoms with van der Waals surface area (Å²) in [5, 5.41) is 11.1. The molecule has 2 rings (SSSR count). The highest BCUT2D eigenvalue weighted by atomic mass is 19.3. The Balaban J connectivity index is 2.26. The Morgan fingerprint density at radius 3 is 2.50 bits per heavy atom. The smallest absolute Gasteiger partial charge is 0.353 e. The number of nitrogens with one attached hydrogen (secondary N) is 1. The number of halogens is 2. The maximum Gasteiger partial charge on any atom is 0.353 e. The van der Waals surface area contributed by atoms with Gasteiger partial charge in [-0.3, -0.25) is 4.79 Å². The van der Waals surface area contributed by atoms with Crippen LogP contribution in [0.5, 0.6) is 5.75 Å². The molecule has 120 valence electrons. The highest BCUT2D eigenvalue weighted by Crippen LogP contribution is 2.38. The lowest BCUT2D eigenvalue weighted by molar-refractivity contribution is -0.160. The van der Waals surface area contributed by atoms with Crippen LogP contribution in [0.25, 0.3) is 0 Å². The van der Waals surface area contributed by atoms with Crippen molar-refractivity contribution in [2.45, 2.75) is 37.6 Å². The molecule has 5 nitrogen and oxygen atoms in total. The first-order valence-electron chi connectivity index (χ1n) is 6.99. The van der Waals surface area contributed by atoms with Gasteiger partial charge in [0, 0.05) is 0 Å². The summed E-state index contributed by atoms with van der Waals surface area (Å²) in [6.07, 6.45) is 0.877. The van der Waals surface area contributed by atoms with E-state index >= 15 is 0 Å². The molecule has 1 fully saturated rings. The second-order valence-electron chi connectivity index (χ2n) is 5.20. The fourth-order valence-electron chi connectivity index (χ4n) is 2.35. The van der Waals surface area contributed by atoms with Crippen molar-refractivity contribution in [1.29, 1.82) is 0 Å². The lowest BCUT2D eigenvalue weighted by Crippen LogP contribution is -2.61. The molecule has 7 heteroatoms. The number of carbonyl (C=O) groups is 2. The Bertz CT molecular complexity index is 585. The van der Waals surface area contributed by atoms with E-state index in [0.29, 0.717) is 6.42 Å². The molecule has 0 bridgehead atoms. The summed E-state index contributed by atoms with van der Waals surface area (Å²) >= 11 is 0. The van der Waals surface area contributed by atoms with Gasteiger partial charge < -0.3 is 15.2 Å². The van der Waals surface area contributed by atoms with Gasteiger partial charge in [-0.1, -0.05) is 12.1 Å². The minimum absolute atomic E-state index is 0.0943. The summed E-state index contributed by atoms with van der Waals surface area (Å²) in [5.74, 6) is -6.88. The molecule has 1 amide bonds. The van der Waals surface area contributed by atoms with Gasteiger partial charge in [-0.15, -0.1) is 0 Å². The van der Waals surface area contributed by atoms with Crippen LogP contribution in [0.1, 0.15) is 31.7 Å². The van der Waals surface area contributed by atoms with Crippen molar-refractivity contribution >= 4 is 11.9 Å². The van der Waals surface area contributed by atoms with Gasteiger partial charge in [-0.25, -0.2) is 4.79 Å². The standard InChI is InChI=1S/C15H17F2NO4/c1-2-22-11-7-4-3-6-10(11)15(16,17)12(19)18-14(13(20)21)8-5-9-14/h3-4,6-7H,2,5,8-9H2,1H3,(H,18,19)(H,20,21). The first kappa shape index (κ1) is 16.2.